The van der Waals surface area contributed by atoms with Crippen LogP contribution in [0, 0.1) is 0 Å². The van der Waals surface area contributed by atoms with Crippen molar-refractivity contribution in [1.29, 1.82) is 0 Å². The van der Waals surface area contributed by atoms with Crippen LogP contribution in [0.15, 0.2) is 72.0 Å². The smallest absolute Gasteiger partial charge is 0.162 e. The van der Waals surface area contributed by atoms with Crippen LogP contribution < -0.4 is 0 Å². The minimum Gasteiger partial charge on any atom is -0.294 e. The van der Waals surface area contributed by atoms with Crippen LogP contribution in [-0.2, 0) is 0 Å². The Morgan fingerprint density at radius 1 is 0.909 bits per heavy atom. The largest absolute Gasteiger partial charge is 0.294 e. The number of Topliss-reactive ketones (excluding diaryl/α,β-unsaturated/α-hetero) is 1. The second-order valence-corrected chi connectivity index (χ2v) is 5.48. The summed E-state index contributed by atoms with van der Waals surface area (Å²) in [6, 6.07) is 19.7. The van der Waals surface area contributed by atoms with Gasteiger partial charge in [-0.3, -0.25) is 4.79 Å². The minimum absolute atomic E-state index is 0.238. The molecule has 0 atom stereocenters. The second kappa shape index (κ2) is 8.81. The summed E-state index contributed by atoms with van der Waals surface area (Å²) in [6.07, 6.45) is 5.59. The van der Waals surface area contributed by atoms with E-state index in [1.165, 1.54) is 11.1 Å². The van der Waals surface area contributed by atoms with Gasteiger partial charge in [-0.05, 0) is 43.4 Å². The zero-order valence-electron chi connectivity index (χ0n) is 13.1. The highest BCUT2D eigenvalue weighted by Crippen LogP contribution is 2.11. The second-order valence-electron chi connectivity index (χ2n) is 5.48. The van der Waals surface area contributed by atoms with Crippen molar-refractivity contribution in [3.63, 3.8) is 0 Å². The van der Waals surface area contributed by atoms with E-state index in [4.69, 9.17) is 0 Å². The zero-order valence-corrected chi connectivity index (χ0v) is 13.1. The normalized spacial score (nSPS) is 9.86. The lowest BCUT2D eigenvalue weighted by atomic mass is 10.0. The number of carbonyl (C=O) groups is 1. The van der Waals surface area contributed by atoms with Crippen LogP contribution in [-0.4, -0.2) is 5.78 Å². The van der Waals surface area contributed by atoms with Crippen molar-refractivity contribution in [2.24, 2.45) is 0 Å². The number of unbranched alkanes of at least 4 members (excludes halogenated alkanes) is 1. The third-order valence-electron chi connectivity index (χ3n) is 3.59. The van der Waals surface area contributed by atoms with E-state index in [-0.39, 0.29) is 5.78 Å². The minimum atomic E-state index is 0.238. The lowest BCUT2D eigenvalue weighted by Crippen LogP contribution is -1.98. The summed E-state index contributed by atoms with van der Waals surface area (Å²) in [5, 5.41) is 0. The topological polar surface area (TPSA) is 17.1 Å². The van der Waals surface area contributed by atoms with Crippen molar-refractivity contribution in [1.82, 2.24) is 0 Å². The molecular formula is C21H22O. The van der Waals surface area contributed by atoms with Crippen LogP contribution in [0.4, 0.5) is 0 Å². The van der Waals surface area contributed by atoms with E-state index in [0.717, 1.165) is 24.8 Å². The van der Waals surface area contributed by atoms with Crippen molar-refractivity contribution in [2.45, 2.75) is 32.6 Å². The maximum atomic E-state index is 12.0. The molecule has 2 aromatic rings. The molecule has 0 N–H and O–H groups in total. The predicted octanol–water partition coefficient (Wildman–Crippen LogP) is 5.69. The van der Waals surface area contributed by atoms with Gasteiger partial charge in [-0.1, -0.05) is 60.7 Å². The van der Waals surface area contributed by atoms with Gasteiger partial charge in [0.15, 0.2) is 5.78 Å². The fourth-order valence-corrected chi connectivity index (χ4v) is 2.27. The summed E-state index contributed by atoms with van der Waals surface area (Å²) in [5.41, 5.74) is 6.54. The molecular weight excluding hydrogens is 268 g/mol. The van der Waals surface area contributed by atoms with Gasteiger partial charge in [-0.15, -0.1) is 5.73 Å². The van der Waals surface area contributed by atoms with Crippen molar-refractivity contribution in [2.75, 3.05) is 0 Å². The molecule has 0 saturated carbocycles. The van der Waals surface area contributed by atoms with Crippen LogP contribution >= 0.6 is 0 Å². The van der Waals surface area contributed by atoms with Gasteiger partial charge >= 0.3 is 0 Å². The van der Waals surface area contributed by atoms with Gasteiger partial charge in [0.25, 0.3) is 0 Å². The van der Waals surface area contributed by atoms with E-state index in [2.05, 4.69) is 24.8 Å². The maximum Gasteiger partial charge on any atom is 0.162 e. The first-order valence-corrected chi connectivity index (χ1v) is 7.81. The molecule has 0 heterocycles. The van der Waals surface area contributed by atoms with E-state index in [9.17, 15) is 4.79 Å². The van der Waals surface area contributed by atoms with Gasteiger partial charge in [0.1, 0.15) is 0 Å². The summed E-state index contributed by atoms with van der Waals surface area (Å²) in [7, 11) is 0. The predicted molar refractivity (Wildman–Crippen MR) is 92.8 cm³/mol. The molecule has 2 rings (SSSR count). The van der Waals surface area contributed by atoms with Crippen molar-refractivity contribution in [3.05, 3.63) is 83.1 Å². The average Bonchev–Trinajstić information content (AvgIpc) is 2.58. The van der Waals surface area contributed by atoms with Crippen LogP contribution in [0.5, 0.6) is 0 Å². The number of hydrogen-bond donors (Lipinski definition) is 0. The molecule has 0 aliphatic carbocycles. The highest BCUT2D eigenvalue weighted by Gasteiger charge is 2.04. The van der Waals surface area contributed by atoms with Crippen LogP contribution in [0.2, 0.25) is 0 Å². The average molecular weight is 290 g/mol. The fourth-order valence-electron chi connectivity index (χ4n) is 2.27. The number of hydrogen-bond acceptors (Lipinski definition) is 1. The van der Waals surface area contributed by atoms with Gasteiger partial charge in [-0.2, -0.15) is 0 Å². The molecule has 2 aromatic carbocycles. The molecule has 0 aromatic heterocycles. The Morgan fingerprint density at radius 2 is 1.50 bits per heavy atom. The van der Waals surface area contributed by atoms with Crippen molar-refractivity contribution >= 4 is 11.9 Å². The molecule has 0 bridgehead atoms. The fraction of sp³-hybridized carbons (Fsp3) is 0.238. The van der Waals surface area contributed by atoms with E-state index in [1.807, 2.05) is 54.6 Å². The Bertz CT molecular complexity index is 647. The number of carbonyl (C=O) groups excluding carboxylic acids is 1. The van der Waals surface area contributed by atoms with Crippen molar-refractivity contribution in [3.8, 4) is 0 Å². The summed E-state index contributed by atoms with van der Waals surface area (Å²) in [6.45, 7) is 2.10. The SMILES string of the molecule is CC(=C=Cc1ccccc1)CCCCC(=O)c1ccccc1. The maximum absolute atomic E-state index is 12.0. The molecule has 1 heteroatoms. The molecule has 112 valence electrons. The molecule has 0 unspecified atom stereocenters. The van der Waals surface area contributed by atoms with E-state index in [1.54, 1.807) is 0 Å². The Kier molecular flexibility index (Phi) is 6.41. The van der Waals surface area contributed by atoms with Crippen molar-refractivity contribution < 1.29 is 4.79 Å². The molecule has 0 fully saturated rings. The molecule has 0 aliphatic rings. The van der Waals surface area contributed by atoms with Gasteiger partial charge in [0, 0.05) is 12.0 Å². The highest BCUT2D eigenvalue weighted by atomic mass is 16.1. The van der Waals surface area contributed by atoms with E-state index >= 15 is 0 Å². The van der Waals surface area contributed by atoms with Gasteiger partial charge in [-0.25, -0.2) is 0 Å². The number of benzene rings is 2. The standard InChI is InChI=1S/C21H22O/c1-18(16-17-19-11-4-2-5-12-19)10-8-9-15-21(22)20-13-6-3-7-14-20/h2-7,11-14,17H,8-10,15H2,1H3. The first-order chi connectivity index (χ1) is 10.8. The quantitative estimate of drug-likeness (QED) is 0.364. The molecule has 0 saturated heterocycles. The Morgan fingerprint density at radius 3 is 2.18 bits per heavy atom. The van der Waals surface area contributed by atoms with E-state index in [0.29, 0.717) is 6.42 Å². The summed E-state index contributed by atoms with van der Waals surface area (Å²) < 4.78 is 0. The van der Waals surface area contributed by atoms with Crippen LogP contribution in [0.3, 0.4) is 0 Å². The lowest BCUT2D eigenvalue weighted by Gasteiger charge is -2.01. The Balaban J connectivity index is 1.74. The summed E-state index contributed by atoms with van der Waals surface area (Å²) >= 11 is 0. The molecule has 0 amide bonds. The molecule has 22 heavy (non-hydrogen) atoms. The third kappa shape index (κ3) is 5.55. The molecule has 0 spiro atoms. The third-order valence-corrected chi connectivity index (χ3v) is 3.59. The van der Waals surface area contributed by atoms with Crippen LogP contribution in [0.25, 0.3) is 6.08 Å². The number of rotatable bonds is 7. The molecule has 0 aliphatic heterocycles. The highest BCUT2D eigenvalue weighted by molar-refractivity contribution is 5.95. The monoisotopic (exact) mass is 290 g/mol. The van der Waals surface area contributed by atoms with Gasteiger partial charge in [0.2, 0.25) is 0 Å². The number of allylic oxidation sites excluding steroid dienone is 1. The summed E-state index contributed by atoms with van der Waals surface area (Å²) in [4.78, 5) is 12.0. The summed E-state index contributed by atoms with van der Waals surface area (Å²) in [5.74, 6) is 0.238. The Hall–Kier alpha value is -2.37. The molecule has 1 nitrogen and oxygen atoms in total. The first-order valence-electron chi connectivity index (χ1n) is 7.81. The van der Waals surface area contributed by atoms with E-state index < -0.39 is 0 Å². The molecule has 0 radical (unpaired) electrons. The zero-order chi connectivity index (χ0) is 15.6. The van der Waals surface area contributed by atoms with Gasteiger partial charge < -0.3 is 0 Å². The first kappa shape index (κ1) is 16.0. The lowest BCUT2D eigenvalue weighted by molar-refractivity contribution is 0.0979. The Labute approximate surface area is 133 Å². The van der Waals surface area contributed by atoms with Gasteiger partial charge in [0.05, 0.1) is 0 Å². The van der Waals surface area contributed by atoms with Crippen LogP contribution in [0.1, 0.15) is 48.5 Å². The number of ketones is 1.